The number of ether oxygens (including phenoxy) is 1. The molecule has 0 aromatic carbocycles. The Kier molecular flexibility index (Phi) is 4.09. The van der Waals surface area contributed by atoms with Crippen LogP contribution in [0, 0.1) is 0 Å². The lowest BCUT2D eigenvalue weighted by atomic mass is 10.2. The van der Waals surface area contributed by atoms with E-state index in [0.717, 1.165) is 19.4 Å². The first-order chi connectivity index (χ1) is 8.70. The molecule has 2 rings (SSSR count). The number of likely N-dealkylation sites (N-methyl/N-ethyl adjacent to an activating group) is 1. The Bertz CT molecular complexity index is 418. The van der Waals surface area contributed by atoms with Gasteiger partial charge in [0.1, 0.15) is 11.5 Å². The zero-order valence-corrected chi connectivity index (χ0v) is 10.7. The van der Waals surface area contributed by atoms with Crippen molar-refractivity contribution in [2.75, 3.05) is 32.6 Å². The largest absolute Gasteiger partial charge is 0.376 e. The van der Waals surface area contributed by atoms with Crippen molar-refractivity contribution in [3.8, 4) is 0 Å². The van der Waals surface area contributed by atoms with Crippen LogP contribution in [0.5, 0.6) is 0 Å². The molecule has 1 fully saturated rings. The van der Waals surface area contributed by atoms with Crippen molar-refractivity contribution < 1.29 is 9.53 Å². The van der Waals surface area contributed by atoms with E-state index in [2.05, 4.69) is 15.3 Å². The topological polar surface area (TPSA) is 67.4 Å². The van der Waals surface area contributed by atoms with E-state index < -0.39 is 0 Å². The third-order valence-corrected chi connectivity index (χ3v) is 2.96. The van der Waals surface area contributed by atoms with Crippen molar-refractivity contribution in [2.24, 2.45) is 0 Å². The van der Waals surface area contributed by atoms with Gasteiger partial charge in [0.15, 0.2) is 0 Å². The van der Waals surface area contributed by atoms with Gasteiger partial charge in [-0.25, -0.2) is 4.98 Å². The van der Waals surface area contributed by atoms with Gasteiger partial charge in [-0.3, -0.25) is 9.78 Å². The lowest BCUT2D eigenvalue weighted by Crippen LogP contribution is -2.34. The molecule has 1 aliphatic rings. The first-order valence-corrected chi connectivity index (χ1v) is 6.07. The van der Waals surface area contributed by atoms with Gasteiger partial charge in [-0.15, -0.1) is 0 Å². The molecular weight excluding hydrogens is 232 g/mol. The number of carbonyl (C=O) groups excluding carboxylic acids is 1. The molecule has 0 spiro atoms. The second-order valence-electron chi connectivity index (χ2n) is 4.36. The number of anilines is 1. The summed E-state index contributed by atoms with van der Waals surface area (Å²) in [6.07, 6.45) is 5.30. The third-order valence-electron chi connectivity index (χ3n) is 2.96. The molecule has 1 aromatic rings. The summed E-state index contributed by atoms with van der Waals surface area (Å²) < 4.78 is 5.51. The molecule has 0 radical (unpaired) electrons. The van der Waals surface area contributed by atoms with Gasteiger partial charge in [0, 0.05) is 27.2 Å². The van der Waals surface area contributed by atoms with E-state index in [1.165, 1.54) is 6.20 Å². The highest BCUT2D eigenvalue weighted by atomic mass is 16.5. The normalized spacial score (nSPS) is 18.7. The fourth-order valence-electron chi connectivity index (χ4n) is 1.96. The minimum Gasteiger partial charge on any atom is -0.376 e. The van der Waals surface area contributed by atoms with Gasteiger partial charge in [0.25, 0.3) is 5.91 Å². The minimum absolute atomic E-state index is 0.130. The molecule has 2 heterocycles. The van der Waals surface area contributed by atoms with Crippen LogP contribution < -0.4 is 5.32 Å². The van der Waals surface area contributed by atoms with Crippen LogP contribution in [0.4, 0.5) is 5.82 Å². The number of aromatic nitrogens is 2. The molecule has 1 aliphatic heterocycles. The van der Waals surface area contributed by atoms with Crippen LogP contribution in [-0.2, 0) is 4.74 Å². The molecule has 0 aliphatic carbocycles. The van der Waals surface area contributed by atoms with Crippen LogP contribution in [0.25, 0.3) is 0 Å². The van der Waals surface area contributed by atoms with Gasteiger partial charge < -0.3 is 15.0 Å². The monoisotopic (exact) mass is 250 g/mol. The molecule has 6 nitrogen and oxygen atoms in total. The zero-order valence-electron chi connectivity index (χ0n) is 10.7. The molecule has 6 heteroatoms. The number of hydrogen-bond acceptors (Lipinski definition) is 5. The summed E-state index contributed by atoms with van der Waals surface area (Å²) in [7, 11) is 3.51. The number of amides is 1. The van der Waals surface area contributed by atoms with E-state index >= 15 is 0 Å². The Morgan fingerprint density at radius 1 is 1.61 bits per heavy atom. The van der Waals surface area contributed by atoms with Gasteiger partial charge in [-0.2, -0.15) is 0 Å². The zero-order chi connectivity index (χ0) is 13.0. The summed E-state index contributed by atoms with van der Waals surface area (Å²) in [5.74, 6) is 0.460. The predicted molar refractivity (Wildman–Crippen MR) is 67.5 cm³/mol. The lowest BCUT2D eigenvalue weighted by Gasteiger charge is -2.20. The van der Waals surface area contributed by atoms with E-state index in [4.69, 9.17) is 4.74 Å². The number of carbonyl (C=O) groups is 1. The average Bonchev–Trinajstić information content (AvgIpc) is 2.90. The van der Waals surface area contributed by atoms with Crippen LogP contribution in [0.3, 0.4) is 0 Å². The highest BCUT2D eigenvalue weighted by Crippen LogP contribution is 2.13. The van der Waals surface area contributed by atoms with Gasteiger partial charge in [0.05, 0.1) is 18.5 Å². The summed E-state index contributed by atoms with van der Waals surface area (Å²) in [6, 6.07) is 0. The van der Waals surface area contributed by atoms with Gasteiger partial charge >= 0.3 is 0 Å². The van der Waals surface area contributed by atoms with E-state index in [1.807, 2.05) is 0 Å². The van der Waals surface area contributed by atoms with Crippen molar-refractivity contribution in [1.29, 1.82) is 0 Å². The number of nitrogens with one attached hydrogen (secondary N) is 1. The molecule has 0 saturated carbocycles. The average molecular weight is 250 g/mol. The molecule has 1 saturated heterocycles. The lowest BCUT2D eigenvalue weighted by molar-refractivity contribution is 0.0582. The van der Waals surface area contributed by atoms with Crippen molar-refractivity contribution in [3.63, 3.8) is 0 Å². The molecule has 1 aromatic heterocycles. The fourth-order valence-corrected chi connectivity index (χ4v) is 1.96. The summed E-state index contributed by atoms with van der Waals surface area (Å²) in [4.78, 5) is 21.9. The molecule has 1 atom stereocenters. The molecular formula is C12H18N4O2. The van der Waals surface area contributed by atoms with E-state index in [0.29, 0.717) is 18.1 Å². The Balaban J connectivity index is 2.00. The summed E-state index contributed by atoms with van der Waals surface area (Å²) in [6.45, 7) is 1.39. The Hall–Kier alpha value is -1.69. The maximum atomic E-state index is 12.1. The standard InChI is InChI=1S/C12H18N4O2/c1-13-11-7-14-6-10(15-11)12(17)16(2)8-9-4-3-5-18-9/h6-7,9H,3-5,8H2,1-2H3,(H,13,15). The Labute approximate surface area is 106 Å². The van der Waals surface area contributed by atoms with Crippen molar-refractivity contribution >= 4 is 11.7 Å². The van der Waals surface area contributed by atoms with Gasteiger partial charge in [-0.1, -0.05) is 0 Å². The quantitative estimate of drug-likeness (QED) is 0.855. The van der Waals surface area contributed by atoms with Crippen LogP contribution in [0.1, 0.15) is 23.3 Å². The number of nitrogens with zero attached hydrogens (tertiary/aromatic N) is 3. The third kappa shape index (κ3) is 2.95. The summed E-state index contributed by atoms with van der Waals surface area (Å²) in [5.41, 5.74) is 0.349. The molecule has 1 amide bonds. The smallest absolute Gasteiger partial charge is 0.273 e. The van der Waals surface area contributed by atoms with Gasteiger partial charge in [-0.05, 0) is 12.8 Å². The highest BCUT2D eigenvalue weighted by Gasteiger charge is 2.21. The van der Waals surface area contributed by atoms with Crippen LogP contribution in [0.15, 0.2) is 12.4 Å². The predicted octanol–water partition coefficient (Wildman–Crippen LogP) is 0.769. The van der Waals surface area contributed by atoms with Crippen LogP contribution in [-0.4, -0.2) is 54.1 Å². The molecule has 0 bridgehead atoms. The SMILES string of the molecule is CNc1cncc(C(=O)N(C)CC2CCCO2)n1. The number of rotatable bonds is 4. The summed E-state index contributed by atoms with van der Waals surface area (Å²) in [5, 5.41) is 2.87. The first kappa shape index (κ1) is 12.8. The summed E-state index contributed by atoms with van der Waals surface area (Å²) >= 11 is 0. The maximum Gasteiger partial charge on any atom is 0.273 e. The van der Waals surface area contributed by atoms with Crippen molar-refractivity contribution in [1.82, 2.24) is 14.9 Å². The van der Waals surface area contributed by atoms with E-state index in [9.17, 15) is 4.79 Å². The molecule has 18 heavy (non-hydrogen) atoms. The molecule has 1 unspecified atom stereocenters. The van der Waals surface area contributed by atoms with Crippen LogP contribution >= 0.6 is 0 Å². The Morgan fingerprint density at radius 3 is 3.11 bits per heavy atom. The van der Waals surface area contributed by atoms with E-state index in [1.54, 1.807) is 25.2 Å². The van der Waals surface area contributed by atoms with Crippen molar-refractivity contribution in [3.05, 3.63) is 18.1 Å². The Morgan fingerprint density at radius 2 is 2.44 bits per heavy atom. The highest BCUT2D eigenvalue weighted by molar-refractivity contribution is 5.92. The first-order valence-electron chi connectivity index (χ1n) is 6.07. The van der Waals surface area contributed by atoms with E-state index in [-0.39, 0.29) is 12.0 Å². The fraction of sp³-hybridized carbons (Fsp3) is 0.583. The second-order valence-corrected chi connectivity index (χ2v) is 4.36. The molecule has 98 valence electrons. The van der Waals surface area contributed by atoms with Gasteiger partial charge in [0.2, 0.25) is 0 Å². The second kappa shape index (κ2) is 5.77. The van der Waals surface area contributed by atoms with Crippen molar-refractivity contribution in [2.45, 2.75) is 18.9 Å². The number of hydrogen-bond donors (Lipinski definition) is 1. The minimum atomic E-state index is -0.130. The van der Waals surface area contributed by atoms with Crippen LogP contribution in [0.2, 0.25) is 0 Å². The maximum absolute atomic E-state index is 12.1. The molecule has 1 N–H and O–H groups in total.